The second-order valence-corrected chi connectivity index (χ2v) is 1.37. The van der Waals surface area contributed by atoms with Crippen LogP contribution in [0, 0.1) is 0 Å². The van der Waals surface area contributed by atoms with Crippen LogP contribution in [0.1, 0.15) is 20.8 Å². The van der Waals surface area contributed by atoms with Crippen LogP contribution in [-0.2, 0) is 0 Å². The molecule has 0 saturated carbocycles. The van der Waals surface area contributed by atoms with Crippen molar-refractivity contribution in [2.24, 2.45) is 0 Å². The molecule has 42 valence electrons. The fourth-order valence-electron chi connectivity index (χ4n) is 0. The summed E-state index contributed by atoms with van der Waals surface area (Å²) in [5.41, 5.74) is 1.38. The van der Waals surface area contributed by atoms with Crippen molar-refractivity contribution >= 4 is 20.6 Å². The van der Waals surface area contributed by atoms with Crippen LogP contribution in [0.4, 0.5) is 0 Å². The minimum absolute atomic E-state index is 1.38. The molecule has 0 aromatic heterocycles. The van der Waals surface area contributed by atoms with Crippen LogP contribution in [0.15, 0.2) is 11.6 Å². The van der Waals surface area contributed by atoms with Crippen molar-refractivity contribution in [3.63, 3.8) is 0 Å². The molecule has 0 radical (unpaired) electrons. The summed E-state index contributed by atoms with van der Waals surface area (Å²) in [7, 11) is 1.44. The van der Waals surface area contributed by atoms with E-state index in [9.17, 15) is 0 Å². The predicted octanol–water partition coefficient (Wildman–Crippen LogP) is 1.70. The molecule has 0 bridgehead atoms. The summed E-state index contributed by atoms with van der Waals surface area (Å²) in [6, 6.07) is 0. The molecule has 0 unspecified atom stereocenters. The lowest BCUT2D eigenvalue weighted by atomic mass is 10.3. The van der Waals surface area contributed by atoms with E-state index in [1.165, 1.54) is 14.5 Å². The molecule has 0 N–H and O–H groups in total. The van der Waals surface area contributed by atoms with Gasteiger partial charge in [-0.2, -0.15) is 0 Å². The average Bonchev–Trinajstić information content (AvgIpc) is 1.73. The monoisotopic (exact) mass is 132 g/mol. The van der Waals surface area contributed by atoms with Crippen LogP contribution in [0.5, 0.6) is 0 Å². The maximum atomic E-state index is 4.11. The van der Waals surface area contributed by atoms with E-state index in [1.807, 2.05) is 6.92 Å². The molecule has 0 heterocycles. The normalized spacial score (nSPS) is 5.57. The SMILES string of the molecule is CC=C(C)C.[SiH2]=S. The highest BCUT2D eigenvalue weighted by molar-refractivity contribution is 7.83. The van der Waals surface area contributed by atoms with Crippen molar-refractivity contribution < 1.29 is 0 Å². The van der Waals surface area contributed by atoms with E-state index in [2.05, 4.69) is 31.5 Å². The second kappa shape index (κ2) is 9.49. The van der Waals surface area contributed by atoms with Gasteiger partial charge in [0, 0.05) is 0 Å². The van der Waals surface area contributed by atoms with Crippen molar-refractivity contribution in [3.8, 4) is 0 Å². The van der Waals surface area contributed by atoms with Crippen molar-refractivity contribution in [2.45, 2.75) is 20.8 Å². The molecule has 0 aromatic carbocycles. The largest absolute Gasteiger partial charge is 0.147 e. The van der Waals surface area contributed by atoms with E-state index in [4.69, 9.17) is 0 Å². The Bertz CT molecular complexity index is 55.1. The Morgan fingerprint density at radius 3 is 1.57 bits per heavy atom. The summed E-state index contributed by atoms with van der Waals surface area (Å²) in [5, 5.41) is 0. The first kappa shape index (κ1) is 10.2. The van der Waals surface area contributed by atoms with E-state index >= 15 is 0 Å². The van der Waals surface area contributed by atoms with Gasteiger partial charge in [-0.1, -0.05) is 11.6 Å². The fourth-order valence-corrected chi connectivity index (χ4v) is 0. The molecule has 0 amide bonds. The molecule has 0 aromatic rings. The maximum absolute atomic E-state index is 4.11. The third kappa shape index (κ3) is 22.7. The summed E-state index contributed by atoms with van der Waals surface area (Å²) in [4.78, 5) is 0. The molecule has 0 aliphatic heterocycles. The average molecular weight is 132 g/mol. The van der Waals surface area contributed by atoms with E-state index in [0.717, 1.165) is 0 Å². The molecule has 0 saturated heterocycles. The Kier molecular flexibility index (Phi) is 13.8. The number of hydrogen-bond acceptors (Lipinski definition) is 1. The summed E-state index contributed by atoms with van der Waals surface area (Å²) in [5.74, 6) is 0. The highest BCUT2D eigenvalue weighted by Gasteiger charge is 1.60. The standard InChI is InChI=1S/C5H10.H2SSi/c1-4-5(2)3;1-2/h4H,1-3H3;2H2. The Hall–Kier alpha value is 0.177. The predicted molar refractivity (Wildman–Crippen MR) is 41.2 cm³/mol. The number of allylic oxidation sites excluding steroid dienone is 2. The molecule has 0 aliphatic carbocycles. The maximum Gasteiger partial charge on any atom is 0.0612 e. The smallest absolute Gasteiger partial charge is 0.0612 e. The van der Waals surface area contributed by atoms with E-state index in [-0.39, 0.29) is 0 Å². The zero-order valence-electron chi connectivity index (χ0n) is 5.19. The van der Waals surface area contributed by atoms with Crippen LogP contribution in [-0.4, -0.2) is 8.95 Å². The Balaban J connectivity index is 0. The van der Waals surface area contributed by atoms with Crippen LogP contribution >= 0.6 is 11.6 Å². The third-order valence-corrected chi connectivity index (χ3v) is 0.577. The summed E-state index contributed by atoms with van der Waals surface area (Å²) < 4.78 is 0. The molecule has 2 heteroatoms. The van der Waals surface area contributed by atoms with Gasteiger partial charge >= 0.3 is 0 Å². The molecule has 7 heavy (non-hydrogen) atoms. The first-order valence-corrected chi connectivity index (χ1v) is 4.46. The minimum Gasteiger partial charge on any atom is -0.147 e. The number of rotatable bonds is 0. The lowest BCUT2D eigenvalue weighted by molar-refractivity contribution is 1.36. The van der Waals surface area contributed by atoms with Gasteiger partial charge in [0.1, 0.15) is 0 Å². The Morgan fingerprint density at radius 1 is 1.43 bits per heavy atom. The van der Waals surface area contributed by atoms with Crippen molar-refractivity contribution in [2.75, 3.05) is 0 Å². The Labute approximate surface area is 53.6 Å². The van der Waals surface area contributed by atoms with Gasteiger partial charge in [0.2, 0.25) is 0 Å². The zero-order chi connectivity index (χ0) is 6.28. The lowest BCUT2D eigenvalue weighted by Crippen LogP contribution is -1.52. The molecule has 0 rings (SSSR count). The van der Waals surface area contributed by atoms with Gasteiger partial charge in [-0.05, 0) is 20.8 Å². The molecule has 0 fully saturated rings. The van der Waals surface area contributed by atoms with Gasteiger partial charge in [-0.3, -0.25) is 0 Å². The van der Waals surface area contributed by atoms with Crippen LogP contribution in [0.2, 0.25) is 0 Å². The van der Waals surface area contributed by atoms with Crippen LogP contribution < -0.4 is 0 Å². The highest BCUT2D eigenvalue weighted by atomic mass is 32.2. The van der Waals surface area contributed by atoms with E-state index in [1.54, 1.807) is 0 Å². The van der Waals surface area contributed by atoms with Crippen molar-refractivity contribution in [1.82, 2.24) is 0 Å². The van der Waals surface area contributed by atoms with Gasteiger partial charge in [0.25, 0.3) is 0 Å². The highest BCUT2D eigenvalue weighted by Crippen LogP contribution is 1.82. The van der Waals surface area contributed by atoms with Gasteiger partial charge in [0.15, 0.2) is 0 Å². The molecular formula is C5H12SSi. The first-order chi connectivity index (χ1) is 3.27. The van der Waals surface area contributed by atoms with Gasteiger partial charge in [-0.15, -0.1) is 11.6 Å². The topological polar surface area (TPSA) is 0 Å². The first-order valence-electron chi connectivity index (χ1n) is 2.15. The van der Waals surface area contributed by atoms with E-state index < -0.39 is 0 Å². The zero-order valence-corrected chi connectivity index (χ0v) is 7.42. The van der Waals surface area contributed by atoms with Crippen molar-refractivity contribution in [1.29, 1.82) is 0 Å². The van der Waals surface area contributed by atoms with Crippen LogP contribution in [0.25, 0.3) is 0 Å². The summed E-state index contributed by atoms with van der Waals surface area (Å²) in [6.07, 6.45) is 2.08. The summed E-state index contributed by atoms with van der Waals surface area (Å²) in [6.45, 7) is 6.20. The van der Waals surface area contributed by atoms with Crippen LogP contribution in [0.3, 0.4) is 0 Å². The summed E-state index contributed by atoms with van der Waals surface area (Å²) >= 11 is 4.11. The molecule has 0 nitrogen and oxygen atoms in total. The van der Waals surface area contributed by atoms with Crippen molar-refractivity contribution in [3.05, 3.63) is 11.6 Å². The van der Waals surface area contributed by atoms with Gasteiger partial charge in [-0.25, -0.2) is 0 Å². The van der Waals surface area contributed by atoms with Gasteiger partial charge < -0.3 is 0 Å². The minimum atomic E-state index is 1.38. The molecule has 0 spiro atoms. The lowest BCUT2D eigenvalue weighted by Gasteiger charge is -1.74. The fraction of sp³-hybridized carbons (Fsp3) is 0.600. The molecule has 0 atom stereocenters. The molecule has 0 aliphatic rings. The quantitative estimate of drug-likeness (QED) is 0.357. The van der Waals surface area contributed by atoms with E-state index in [0.29, 0.717) is 0 Å². The number of hydrogen-bond donors (Lipinski definition) is 0. The Morgan fingerprint density at radius 2 is 1.57 bits per heavy atom. The van der Waals surface area contributed by atoms with Gasteiger partial charge in [0.05, 0.1) is 8.95 Å². The third-order valence-electron chi connectivity index (χ3n) is 0.577. The second-order valence-electron chi connectivity index (χ2n) is 1.37. The molecular weight excluding hydrogens is 120 g/mol.